The summed E-state index contributed by atoms with van der Waals surface area (Å²) in [5, 5.41) is 3.36. The number of rotatable bonds is 6. The summed E-state index contributed by atoms with van der Waals surface area (Å²) in [5.41, 5.74) is 0.396. The van der Waals surface area contributed by atoms with E-state index in [0.717, 1.165) is 18.9 Å². The Morgan fingerprint density at radius 2 is 1.72 bits per heavy atom. The van der Waals surface area contributed by atoms with Gasteiger partial charge in [-0.1, -0.05) is 38.8 Å². The van der Waals surface area contributed by atoms with E-state index in [4.69, 9.17) is 0 Å². The molecule has 0 saturated carbocycles. The van der Waals surface area contributed by atoms with Crippen LogP contribution < -0.4 is 5.32 Å². The highest BCUT2D eigenvalue weighted by Crippen LogP contribution is 2.21. The van der Waals surface area contributed by atoms with Gasteiger partial charge in [0.15, 0.2) is 11.6 Å². The van der Waals surface area contributed by atoms with Crippen molar-refractivity contribution in [1.82, 2.24) is 5.32 Å². The van der Waals surface area contributed by atoms with Gasteiger partial charge in [0.2, 0.25) is 0 Å². The van der Waals surface area contributed by atoms with Crippen molar-refractivity contribution in [2.75, 3.05) is 0 Å². The van der Waals surface area contributed by atoms with Crippen molar-refractivity contribution >= 4 is 0 Å². The second-order valence-corrected chi connectivity index (χ2v) is 4.90. The van der Waals surface area contributed by atoms with Crippen LogP contribution in [0, 0.1) is 17.6 Å². The summed E-state index contributed by atoms with van der Waals surface area (Å²) < 4.78 is 26.8. The molecular weight excluding hydrogens is 232 g/mol. The van der Waals surface area contributed by atoms with Gasteiger partial charge >= 0.3 is 0 Å². The van der Waals surface area contributed by atoms with E-state index in [1.807, 2.05) is 6.92 Å². The second-order valence-electron chi connectivity index (χ2n) is 4.90. The first-order chi connectivity index (χ1) is 8.51. The van der Waals surface area contributed by atoms with E-state index in [-0.39, 0.29) is 12.1 Å². The molecule has 0 aromatic heterocycles. The second kappa shape index (κ2) is 6.83. The molecule has 2 unspecified atom stereocenters. The van der Waals surface area contributed by atoms with Crippen LogP contribution >= 0.6 is 0 Å². The molecule has 0 saturated heterocycles. The molecule has 2 atom stereocenters. The van der Waals surface area contributed by atoms with Gasteiger partial charge in [0.05, 0.1) is 0 Å². The maximum absolute atomic E-state index is 13.7. The Kier molecular flexibility index (Phi) is 5.73. The lowest BCUT2D eigenvalue weighted by Gasteiger charge is -2.26. The molecule has 0 bridgehead atoms. The van der Waals surface area contributed by atoms with Gasteiger partial charge in [-0.15, -0.1) is 0 Å². The molecule has 0 aliphatic rings. The van der Waals surface area contributed by atoms with Crippen molar-refractivity contribution in [2.45, 2.75) is 52.6 Å². The number of hydrogen-bond acceptors (Lipinski definition) is 1. The van der Waals surface area contributed by atoms with Crippen molar-refractivity contribution in [3.8, 4) is 0 Å². The quantitative estimate of drug-likeness (QED) is 0.792. The average Bonchev–Trinajstić information content (AvgIpc) is 2.34. The lowest BCUT2D eigenvalue weighted by molar-refractivity contribution is 0.325. The summed E-state index contributed by atoms with van der Waals surface area (Å²) >= 11 is 0. The Morgan fingerprint density at radius 3 is 2.28 bits per heavy atom. The largest absolute Gasteiger partial charge is 0.307 e. The minimum atomic E-state index is -0.781. The lowest BCUT2D eigenvalue weighted by atomic mass is 9.94. The zero-order chi connectivity index (χ0) is 13.7. The lowest BCUT2D eigenvalue weighted by Crippen LogP contribution is -2.35. The van der Waals surface area contributed by atoms with Gasteiger partial charge in [-0.3, -0.25) is 0 Å². The van der Waals surface area contributed by atoms with Crippen molar-refractivity contribution < 1.29 is 8.78 Å². The molecule has 0 heterocycles. The molecule has 18 heavy (non-hydrogen) atoms. The Bertz CT molecular complexity index is 375. The Balaban J connectivity index is 2.76. The maximum Gasteiger partial charge on any atom is 0.163 e. The highest BCUT2D eigenvalue weighted by molar-refractivity contribution is 5.22. The highest BCUT2D eigenvalue weighted by atomic mass is 19.2. The Hall–Kier alpha value is -0.960. The minimum absolute atomic E-state index is 0.184. The van der Waals surface area contributed by atoms with Gasteiger partial charge < -0.3 is 5.32 Å². The van der Waals surface area contributed by atoms with Crippen LogP contribution in [0.15, 0.2) is 18.2 Å². The van der Waals surface area contributed by atoms with Gasteiger partial charge in [-0.05, 0) is 25.8 Å². The molecule has 1 aromatic rings. The maximum atomic E-state index is 13.7. The summed E-state index contributed by atoms with van der Waals surface area (Å²) in [6.07, 6.45) is 2.17. The standard InChI is InChI=1S/C15H23F2N/c1-5-12(6-2)10(3)18-11(4)13-8-7-9-14(16)15(13)17/h7-12,18H,5-6H2,1-4H3. The van der Waals surface area contributed by atoms with Gasteiger partial charge in [0, 0.05) is 17.6 Å². The SMILES string of the molecule is CCC(CC)C(C)NC(C)c1cccc(F)c1F. The molecule has 0 radical (unpaired) electrons. The topological polar surface area (TPSA) is 12.0 Å². The van der Waals surface area contributed by atoms with Crippen molar-refractivity contribution in [1.29, 1.82) is 0 Å². The summed E-state index contributed by atoms with van der Waals surface area (Å²) in [6, 6.07) is 4.44. The van der Waals surface area contributed by atoms with Gasteiger partial charge in [0.1, 0.15) is 0 Å². The van der Waals surface area contributed by atoms with Crippen molar-refractivity contribution in [2.24, 2.45) is 5.92 Å². The normalized spacial score (nSPS) is 14.8. The average molecular weight is 255 g/mol. The van der Waals surface area contributed by atoms with E-state index >= 15 is 0 Å². The summed E-state index contributed by atoms with van der Waals surface area (Å²) in [7, 11) is 0. The highest BCUT2D eigenvalue weighted by Gasteiger charge is 2.19. The first kappa shape index (κ1) is 15.1. The zero-order valence-corrected chi connectivity index (χ0v) is 11.6. The van der Waals surface area contributed by atoms with Crippen LogP contribution in [-0.4, -0.2) is 6.04 Å². The molecule has 0 amide bonds. The van der Waals surface area contributed by atoms with Crippen LogP contribution in [0.5, 0.6) is 0 Å². The number of nitrogens with one attached hydrogen (secondary N) is 1. The fraction of sp³-hybridized carbons (Fsp3) is 0.600. The minimum Gasteiger partial charge on any atom is -0.307 e. The van der Waals surface area contributed by atoms with Crippen molar-refractivity contribution in [3.63, 3.8) is 0 Å². The molecule has 102 valence electrons. The molecule has 0 fully saturated rings. The predicted molar refractivity (Wildman–Crippen MR) is 71.4 cm³/mol. The summed E-state index contributed by atoms with van der Waals surface area (Å²) in [4.78, 5) is 0. The monoisotopic (exact) mass is 255 g/mol. The van der Waals surface area contributed by atoms with Crippen molar-refractivity contribution in [3.05, 3.63) is 35.4 Å². The van der Waals surface area contributed by atoms with E-state index in [9.17, 15) is 8.78 Å². The number of hydrogen-bond donors (Lipinski definition) is 1. The van der Waals surface area contributed by atoms with Gasteiger partial charge in [-0.2, -0.15) is 0 Å². The van der Waals surface area contributed by atoms with Crippen LogP contribution in [0.25, 0.3) is 0 Å². The molecule has 0 spiro atoms. The first-order valence-electron chi connectivity index (χ1n) is 6.71. The van der Waals surface area contributed by atoms with Crippen LogP contribution in [0.3, 0.4) is 0 Å². The molecule has 1 N–H and O–H groups in total. The van der Waals surface area contributed by atoms with E-state index in [1.54, 1.807) is 12.1 Å². The Morgan fingerprint density at radius 1 is 1.11 bits per heavy atom. The predicted octanol–water partition coefficient (Wildman–Crippen LogP) is 4.44. The third kappa shape index (κ3) is 3.52. The van der Waals surface area contributed by atoms with E-state index in [0.29, 0.717) is 11.5 Å². The van der Waals surface area contributed by atoms with Crippen LogP contribution in [0.2, 0.25) is 0 Å². The van der Waals surface area contributed by atoms with Gasteiger partial charge in [-0.25, -0.2) is 8.78 Å². The van der Waals surface area contributed by atoms with Crippen LogP contribution in [0.4, 0.5) is 8.78 Å². The fourth-order valence-electron chi connectivity index (χ4n) is 2.47. The summed E-state index contributed by atoms with van der Waals surface area (Å²) in [6.45, 7) is 8.28. The van der Waals surface area contributed by atoms with E-state index in [2.05, 4.69) is 26.1 Å². The molecule has 1 rings (SSSR count). The fourth-order valence-corrected chi connectivity index (χ4v) is 2.47. The third-order valence-electron chi connectivity index (χ3n) is 3.72. The molecule has 0 aliphatic heterocycles. The van der Waals surface area contributed by atoms with E-state index < -0.39 is 11.6 Å². The zero-order valence-electron chi connectivity index (χ0n) is 11.6. The summed E-state index contributed by atoms with van der Waals surface area (Å²) in [5.74, 6) is -0.963. The smallest absolute Gasteiger partial charge is 0.163 e. The van der Waals surface area contributed by atoms with Crippen LogP contribution in [-0.2, 0) is 0 Å². The molecular formula is C15H23F2N. The third-order valence-corrected chi connectivity index (χ3v) is 3.72. The Labute approximate surface area is 109 Å². The van der Waals surface area contributed by atoms with E-state index in [1.165, 1.54) is 0 Å². The number of benzene rings is 1. The molecule has 0 aliphatic carbocycles. The molecule has 3 heteroatoms. The first-order valence-corrected chi connectivity index (χ1v) is 6.71. The van der Waals surface area contributed by atoms with Crippen LogP contribution in [0.1, 0.15) is 52.1 Å². The van der Waals surface area contributed by atoms with Gasteiger partial charge in [0.25, 0.3) is 0 Å². The molecule has 1 nitrogen and oxygen atoms in total. The number of halogens is 2. The molecule has 1 aromatic carbocycles.